The van der Waals surface area contributed by atoms with Gasteiger partial charge in [0.2, 0.25) is 11.8 Å². The summed E-state index contributed by atoms with van der Waals surface area (Å²) >= 11 is 0. The minimum Gasteiger partial charge on any atom is -0.469 e. The van der Waals surface area contributed by atoms with Crippen molar-refractivity contribution in [2.24, 2.45) is 5.73 Å². The molecule has 1 aliphatic heterocycles. The summed E-state index contributed by atoms with van der Waals surface area (Å²) in [4.78, 5) is 42.8. The zero-order valence-electron chi connectivity index (χ0n) is 21.4. The molecule has 0 saturated carbocycles. The summed E-state index contributed by atoms with van der Waals surface area (Å²) in [7, 11) is 1.32. The van der Waals surface area contributed by atoms with Crippen LogP contribution in [0.3, 0.4) is 0 Å². The molecule has 198 valence electrons. The summed E-state index contributed by atoms with van der Waals surface area (Å²) in [6.07, 6.45) is 2.05. The van der Waals surface area contributed by atoms with Crippen LogP contribution in [-0.2, 0) is 25.5 Å². The first-order valence-corrected chi connectivity index (χ1v) is 12.6. The predicted molar refractivity (Wildman–Crippen MR) is 143 cm³/mol. The molecule has 1 unspecified atom stereocenters. The number of carbonyl (C=O) groups excluding carboxylic acids is 3. The van der Waals surface area contributed by atoms with Gasteiger partial charge in [0.15, 0.2) is 0 Å². The molecule has 3 aromatic rings. The van der Waals surface area contributed by atoms with Crippen LogP contribution in [0.4, 0.5) is 4.39 Å². The van der Waals surface area contributed by atoms with Gasteiger partial charge in [0.1, 0.15) is 11.9 Å². The van der Waals surface area contributed by atoms with E-state index in [-0.39, 0.29) is 50.0 Å². The number of hydrogen-bond acceptors (Lipinski definition) is 5. The fourth-order valence-electron chi connectivity index (χ4n) is 5.00. The lowest BCUT2D eigenvalue weighted by atomic mass is 9.95. The Morgan fingerprint density at radius 1 is 1.11 bits per heavy atom. The Morgan fingerprint density at radius 3 is 2.50 bits per heavy atom. The average Bonchev–Trinajstić information content (AvgIpc) is 2.93. The van der Waals surface area contributed by atoms with Gasteiger partial charge in [0.25, 0.3) is 0 Å². The molecular weight excluding hydrogens is 485 g/mol. The molecule has 1 saturated heterocycles. The Labute approximate surface area is 221 Å². The molecule has 3 atom stereocenters. The third kappa shape index (κ3) is 5.92. The lowest BCUT2D eigenvalue weighted by molar-refractivity contribution is -0.156. The van der Waals surface area contributed by atoms with Gasteiger partial charge in [-0.05, 0) is 52.9 Å². The molecule has 0 radical (unpaired) electrons. The number of piperazine rings is 1. The van der Waals surface area contributed by atoms with Crippen molar-refractivity contribution < 1.29 is 23.5 Å². The number of fused-ring (bicyclic) bond motifs is 1. The third-order valence-corrected chi connectivity index (χ3v) is 7.01. The number of ether oxygens (including phenoxy) is 1. The van der Waals surface area contributed by atoms with Crippen molar-refractivity contribution in [2.45, 2.75) is 37.4 Å². The molecule has 8 heteroatoms. The highest BCUT2D eigenvalue weighted by molar-refractivity contribution is 5.92. The molecule has 0 aromatic heterocycles. The fraction of sp³-hybridized carbons (Fsp3) is 0.300. The highest BCUT2D eigenvalue weighted by Crippen LogP contribution is 2.31. The second-order valence-corrected chi connectivity index (χ2v) is 9.44. The number of esters is 1. The monoisotopic (exact) mass is 517 g/mol. The van der Waals surface area contributed by atoms with Gasteiger partial charge >= 0.3 is 5.97 Å². The van der Waals surface area contributed by atoms with Crippen molar-refractivity contribution in [1.82, 2.24) is 9.80 Å². The van der Waals surface area contributed by atoms with Crippen molar-refractivity contribution in [3.8, 4) is 0 Å². The Balaban J connectivity index is 1.59. The highest BCUT2D eigenvalue weighted by Gasteiger charge is 2.41. The summed E-state index contributed by atoms with van der Waals surface area (Å²) < 4.78 is 18.2. The molecule has 0 spiro atoms. The van der Waals surface area contributed by atoms with Crippen molar-refractivity contribution in [3.05, 3.63) is 96.3 Å². The number of methoxy groups -OCH3 is 1. The molecule has 38 heavy (non-hydrogen) atoms. The van der Waals surface area contributed by atoms with Crippen LogP contribution < -0.4 is 5.73 Å². The van der Waals surface area contributed by atoms with Crippen LogP contribution in [0.2, 0.25) is 0 Å². The first kappa shape index (κ1) is 27.0. The Morgan fingerprint density at radius 2 is 1.82 bits per heavy atom. The topological polar surface area (TPSA) is 92.9 Å². The van der Waals surface area contributed by atoms with Gasteiger partial charge in [-0.25, -0.2) is 4.39 Å². The molecule has 0 bridgehead atoms. The normalized spacial score (nSPS) is 17.2. The quantitative estimate of drug-likeness (QED) is 0.345. The number of nitrogens with two attached hydrogens (primary N) is 1. The second-order valence-electron chi connectivity index (χ2n) is 9.44. The number of halogens is 1. The number of rotatable bonds is 9. The van der Waals surface area contributed by atoms with Gasteiger partial charge in [-0.1, -0.05) is 54.6 Å². The standard InChI is InChI=1S/C30H32FN3O4/c1-3-6-26-30(37)34(16-15-33(26)29(36)25(32)17-20-9-13-24(31)14-10-20)27(19-28(35)38-2)23-12-11-21-7-4-5-8-22(21)18-23/h3-5,7-14,18,25-27H,1,6,15-17,19,32H2,2H3/t25-,26+,27?/m1/s1. The van der Waals surface area contributed by atoms with E-state index in [1.165, 1.54) is 24.1 Å². The third-order valence-electron chi connectivity index (χ3n) is 7.01. The van der Waals surface area contributed by atoms with E-state index in [4.69, 9.17) is 10.5 Å². The van der Waals surface area contributed by atoms with Gasteiger partial charge in [-0.15, -0.1) is 6.58 Å². The van der Waals surface area contributed by atoms with Crippen molar-refractivity contribution in [3.63, 3.8) is 0 Å². The van der Waals surface area contributed by atoms with Gasteiger partial charge in [0.05, 0.1) is 25.6 Å². The van der Waals surface area contributed by atoms with Gasteiger partial charge < -0.3 is 20.3 Å². The lowest BCUT2D eigenvalue weighted by Crippen LogP contribution is -2.62. The van der Waals surface area contributed by atoms with Gasteiger partial charge in [-0.3, -0.25) is 14.4 Å². The Kier molecular flexibility index (Phi) is 8.53. The maximum absolute atomic E-state index is 13.8. The van der Waals surface area contributed by atoms with Crippen LogP contribution in [0.1, 0.15) is 30.0 Å². The molecule has 2 amide bonds. The summed E-state index contributed by atoms with van der Waals surface area (Å²) in [5.74, 6) is -1.43. The number of hydrogen-bond donors (Lipinski definition) is 1. The molecule has 0 aliphatic carbocycles. The first-order valence-electron chi connectivity index (χ1n) is 12.6. The predicted octanol–water partition coefficient (Wildman–Crippen LogP) is 3.77. The minimum atomic E-state index is -0.890. The lowest BCUT2D eigenvalue weighted by Gasteiger charge is -2.44. The molecule has 7 nitrogen and oxygen atoms in total. The average molecular weight is 518 g/mol. The number of carbonyl (C=O) groups is 3. The maximum Gasteiger partial charge on any atom is 0.307 e. The largest absolute Gasteiger partial charge is 0.469 e. The SMILES string of the molecule is C=CC[C@H]1C(=O)N(C(CC(=O)OC)c2ccc3ccccc3c2)CCN1C(=O)[C@H](N)Cc1ccc(F)cc1. The van der Waals surface area contributed by atoms with Crippen LogP contribution in [0.15, 0.2) is 79.4 Å². The highest BCUT2D eigenvalue weighted by atomic mass is 19.1. The van der Waals surface area contributed by atoms with Crippen molar-refractivity contribution >= 4 is 28.6 Å². The number of nitrogens with zero attached hydrogens (tertiary/aromatic N) is 2. The summed E-state index contributed by atoms with van der Waals surface area (Å²) in [6, 6.07) is 17.3. The summed E-state index contributed by atoms with van der Waals surface area (Å²) in [5, 5.41) is 2.05. The fourth-order valence-corrected chi connectivity index (χ4v) is 5.00. The smallest absolute Gasteiger partial charge is 0.307 e. The van der Waals surface area contributed by atoms with Crippen LogP contribution in [-0.4, -0.2) is 59.9 Å². The summed E-state index contributed by atoms with van der Waals surface area (Å²) in [5.41, 5.74) is 7.79. The summed E-state index contributed by atoms with van der Waals surface area (Å²) in [6.45, 7) is 4.27. The second kappa shape index (κ2) is 12.0. The van der Waals surface area contributed by atoms with Crippen LogP contribution in [0, 0.1) is 5.82 Å². The first-order chi connectivity index (χ1) is 18.3. The zero-order valence-corrected chi connectivity index (χ0v) is 21.4. The van der Waals surface area contributed by atoms with Crippen LogP contribution >= 0.6 is 0 Å². The van der Waals surface area contributed by atoms with E-state index in [0.717, 1.165) is 21.9 Å². The molecule has 4 rings (SSSR count). The molecule has 1 fully saturated rings. The van der Waals surface area contributed by atoms with Crippen LogP contribution in [0.5, 0.6) is 0 Å². The van der Waals surface area contributed by atoms with E-state index in [1.807, 2.05) is 42.5 Å². The van der Waals surface area contributed by atoms with E-state index >= 15 is 0 Å². The molecule has 3 aromatic carbocycles. The Hall–Kier alpha value is -4.04. The van der Waals surface area contributed by atoms with E-state index in [1.54, 1.807) is 23.1 Å². The Bertz CT molecular complexity index is 1330. The van der Waals surface area contributed by atoms with Crippen molar-refractivity contribution in [1.29, 1.82) is 0 Å². The van der Waals surface area contributed by atoms with Crippen molar-refractivity contribution in [2.75, 3.05) is 20.2 Å². The maximum atomic E-state index is 13.8. The molecular formula is C30H32FN3O4. The molecule has 2 N–H and O–H groups in total. The molecule has 1 aliphatic rings. The van der Waals surface area contributed by atoms with Crippen LogP contribution in [0.25, 0.3) is 10.8 Å². The molecule has 1 heterocycles. The zero-order chi connectivity index (χ0) is 27.2. The van der Waals surface area contributed by atoms with Gasteiger partial charge in [-0.2, -0.15) is 0 Å². The van der Waals surface area contributed by atoms with E-state index < -0.39 is 24.1 Å². The van der Waals surface area contributed by atoms with E-state index in [0.29, 0.717) is 0 Å². The number of amides is 2. The van der Waals surface area contributed by atoms with E-state index in [9.17, 15) is 18.8 Å². The van der Waals surface area contributed by atoms with Gasteiger partial charge in [0, 0.05) is 13.1 Å². The van der Waals surface area contributed by atoms with E-state index in [2.05, 4.69) is 6.58 Å². The minimum absolute atomic E-state index is 0.0145. The number of benzene rings is 3.